The third-order valence-corrected chi connectivity index (χ3v) is 4.02. The molecule has 5 nitrogen and oxygen atoms in total. The summed E-state index contributed by atoms with van der Waals surface area (Å²) in [6, 6.07) is 14.1. The lowest BCUT2D eigenvalue weighted by atomic mass is 10.1. The van der Waals surface area contributed by atoms with Crippen molar-refractivity contribution in [2.24, 2.45) is 0 Å². The number of hydrogen-bond donors (Lipinski definition) is 3. The number of amides is 2. The Kier molecular flexibility index (Phi) is 4.48. The van der Waals surface area contributed by atoms with Crippen molar-refractivity contribution < 1.29 is 9.59 Å². The van der Waals surface area contributed by atoms with E-state index in [1.54, 1.807) is 6.07 Å². The Morgan fingerprint density at radius 3 is 2.57 bits per heavy atom. The summed E-state index contributed by atoms with van der Waals surface area (Å²) in [5.74, 6) is -0.423. The highest BCUT2D eigenvalue weighted by atomic mass is 35.5. The van der Waals surface area contributed by atoms with Crippen molar-refractivity contribution in [2.75, 3.05) is 10.6 Å². The van der Waals surface area contributed by atoms with Crippen LogP contribution in [0.5, 0.6) is 0 Å². The molecular formula is C17H16ClN3O2. The van der Waals surface area contributed by atoms with E-state index in [0.717, 1.165) is 16.9 Å². The van der Waals surface area contributed by atoms with Gasteiger partial charge >= 0.3 is 0 Å². The maximum Gasteiger partial charge on any atom is 0.247 e. The lowest BCUT2D eigenvalue weighted by Gasteiger charge is -2.26. The van der Waals surface area contributed by atoms with Crippen LogP contribution in [0.15, 0.2) is 48.5 Å². The van der Waals surface area contributed by atoms with Crippen molar-refractivity contribution in [1.29, 1.82) is 0 Å². The Labute approximate surface area is 139 Å². The number of para-hydroxylation sites is 2. The molecular weight excluding hydrogens is 314 g/mol. The molecule has 0 fully saturated rings. The Balaban J connectivity index is 1.58. The highest BCUT2D eigenvalue weighted by molar-refractivity contribution is 6.31. The van der Waals surface area contributed by atoms with E-state index in [2.05, 4.69) is 16.0 Å². The number of halogens is 1. The molecule has 23 heavy (non-hydrogen) atoms. The lowest BCUT2D eigenvalue weighted by Crippen LogP contribution is -2.42. The van der Waals surface area contributed by atoms with Gasteiger partial charge in [0.1, 0.15) is 6.04 Å². The molecule has 1 aliphatic heterocycles. The van der Waals surface area contributed by atoms with Gasteiger partial charge in [-0.05, 0) is 23.8 Å². The van der Waals surface area contributed by atoms with Crippen molar-refractivity contribution in [3.63, 3.8) is 0 Å². The molecule has 0 radical (unpaired) electrons. The van der Waals surface area contributed by atoms with E-state index in [1.807, 2.05) is 42.5 Å². The Morgan fingerprint density at radius 1 is 1.09 bits per heavy atom. The van der Waals surface area contributed by atoms with Crippen LogP contribution in [0.2, 0.25) is 5.02 Å². The summed E-state index contributed by atoms with van der Waals surface area (Å²) < 4.78 is 0. The molecule has 118 valence electrons. The summed E-state index contributed by atoms with van der Waals surface area (Å²) in [6.07, 6.45) is 0.0601. The molecule has 3 rings (SSSR count). The lowest BCUT2D eigenvalue weighted by molar-refractivity contribution is -0.125. The minimum absolute atomic E-state index is 0.0601. The van der Waals surface area contributed by atoms with E-state index in [0.29, 0.717) is 11.6 Å². The number of fused-ring (bicyclic) bond motifs is 1. The van der Waals surface area contributed by atoms with Crippen LogP contribution in [0.25, 0.3) is 0 Å². The fourth-order valence-electron chi connectivity index (χ4n) is 2.43. The Morgan fingerprint density at radius 2 is 1.78 bits per heavy atom. The number of anilines is 2. The highest BCUT2D eigenvalue weighted by Crippen LogP contribution is 2.26. The molecule has 0 unspecified atom stereocenters. The Bertz CT molecular complexity index is 748. The second-order valence-corrected chi connectivity index (χ2v) is 5.71. The normalized spacial score (nSPS) is 16.0. The van der Waals surface area contributed by atoms with Gasteiger partial charge in [0.2, 0.25) is 11.8 Å². The first-order valence-corrected chi connectivity index (χ1v) is 7.68. The summed E-state index contributed by atoms with van der Waals surface area (Å²) in [4.78, 5) is 24.1. The van der Waals surface area contributed by atoms with Crippen LogP contribution in [0.4, 0.5) is 11.4 Å². The van der Waals surface area contributed by atoms with Crippen LogP contribution in [-0.2, 0) is 16.1 Å². The minimum Gasteiger partial charge on any atom is -0.372 e. The second-order valence-electron chi connectivity index (χ2n) is 5.30. The van der Waals surface area contributed by atoms with Gasteiger partial charge in [0.15, 0.2) is 0 Å². The average molecular weight is 330 g/mol. The highest BCUT2D eigenvalue weighted by Gasteiger charge is 2.27. The third-order valence-electron chi connectivity index (χ3n) is 3.65. The van der Waals surface area contributed by atoms with Crippen molar-refractivity contribution in [3.05, 3.63) is 59.1 Å². The number of nitrogens with one attached hydrogen (secondary N) is 3. The zero-order chi connectivity index (χ0) is 16.2. The summed E-state index contributed by atoms with van der Waals surface area (Å²) in [5, 5.41) is 9.28. The summed E-state index contributed by atoms with van der Waals surface area (Å²) in [7, 11) is 0. The average Bonchev–Trinajstić information content (AvgIpc) is 2.55. The van der Waals surface area contributed by atoms with Crippen LogP contribution >= 0.6 is 11.6 Å². The van der Waals surface area contributed by atoms with Crippen LogP contribution in [0.1, 0.15) is 12.0 Å². The van der Waals surface area contributed by atoms with Crippen LogP contribution in [0, 0.1) is 0 Å². The molecule has 0 spiro atoms. The molecule has 0 aromatic heterocycles. The molecule has 0 aliphatic carbocycles. The summed E-state index contributed by atoms with van der Waals surface area (Å²) in [6.45, 7) is 0.337. The Hall–Kier alpha value is -2.53. The molecule has 1 aliphatic rings. The van der Waals surface area contributed by atoms with E-state index in [9.17, 15) is 9.59 Å². The molecule has 0 saturated carbocycles. The SMILES string of the molecule is O=C(C[C@@H]1Nc2ccccc2NC1=O)NCc1ccccc1Cl. The van der Waals surface area contributed by atoms with Gasteiger partial charge in [0.25, 0.3) is 0 Å². The van der Waals surface area contributed by atoms with Gasteiger partial charge in [-0.25, -0.2) is 0 Å². The fraction of sp³-hybridized carbons (Fsp3) is 0.176. The van der Waals surface area contributed by atoms with Crippen LogP contribution in [-0.4, -0.2) is 17.9 Å². The molecule has 0 saturated heterocycles. The molecule has 6 heteroatoms. The molecule has 2 aromatic rings. The van der Waals surface area contributed by atoms with Crippen molar-refractivity contribution >= 4 is 34.8 Å². The van der Waals surface area contributed by atoms with E-state index in [4.69, 9.17) is 11.6 Å². The molecule has 0 bridgehead atoms. The first-order valence-electron chi connectivity index (χ1n) is 7.30. The first-order chi connectivity index (χ1) is 11.1. The molecule has 3 N–H and O–H groups in total. The number of rotatable bonds is 4. The number of carbonyl (C=O) groups excluding carboxylic acids is 2. The maximum absolute atomic E-state index is 12.1. The van der Waals surface area contributed by atoms with Crippen molar-refractivity contribution in [2.45, 2.75) is 19.0 Å². The smallest absolute Gasteiger partial charge is 0.247 e. The summed E-state index contributed by atoms with van der Waals surface area (Å²) in [5.41, 5.74) is 2.38. The largest absolute Gasteiger partial charge is 0.372 e. The molecule has 1 heterocycles. The van der Waals surface area contributed by atoms with Crippen molar-refractivity contribution in [1.82, 2.24) is 5.32 Å². The van der Waals surface area contributed by atoms with Gasteiger partial charge < -0.3 is 16.0 Å². The number of benzene rings is 2. The van der Waals surface area contributed by atoms with Gasteiger partial charge in [0, 0.05) is 11.6 Å². The van der Waals surface area contributed by atoms with E-state index >= 15 is 0 Å². The third kappa shape index (κ3) is 3.63. The molecule has 2 amide bonds. The van der Waals surface area contributed by atoms with Crippen molar-refractivity contribution in [3.8, 4) is 0 Å². The predicted molar refractivity (Wildman–Crippen MR) is 90.4 cm³/mol. The van der Waals surface area contributed by atoms with Crippen LogP contribution in [0.3, 0.4) is 0 Å². The predicted octanol–water partition coefficient (Wildman–Crippen LogP) is 2.78. The number of hydrogen-bond acceptors (Lipinski definition) is 3. The summed E-state index contributed by atoms with van der Waals surface area (Å²) >= 11 is 6.05. The zero-order valence-electron chi connectivity index (χ0n) is 12.3. The van der Waals surface area contributed by atoms with Gasteiger partial charge in [-0.15, -0.1) is 0 Å². The topological polar surface area (TPSA) is 70.2 Å². The number of carbonyl (C=O) groups is 2. The van der Waals surface area contributed by atoms with E-state index in [1.165, 1.54) is 0 Å². The molecule has 2 aromatic carbocycles. The standard InChI is InChI=1S/C17H16ClN3O2/c18-12-6-2-1-5-11(12)10-19-16(22)9-15-17(23)21-14-8-4-3-7-13(14)20-15/h1-8,15,20H,9-10H2,(H,19,22)(H,21,23)/t15-/m0/s1. The van der Waals surface area contributed by atoms with E-state index in [-0.39, 0.29) is 18.2 Å². The molecule has 1 atom stereocenters. The second kappa shape index (κ2) is 6.71. The van der Waals surface area contributed by atoms with Gasteiger partial charge in [0.05, 0.1) is 17.8 Å². The zero-order valence-corrected chi connectivity index (χ0v) is 13.1. The van der Waals surface area contributed by atoms with Gasteiger partial charge in [-0.2, -0.15) is 0 Å². The van der Waals surface area contributed by atoms with Gasteiger partial charge in [-0.1, -0.05) is 41.9 Å². The van der Waals surface area contributed by atoms with Crippen LogP contribution < -0.4 is 16.0 Å². The quantitative estimate of drug-likeness (QED) is 0.807. The monoisotopic (exact) mass is 329 g/mol. The van der Waals surface area contributed by atoms with Gasteiger partial charge in [-0.3, -0.25) is 9.59 Å². The fourth-order valence-corrected chi connectivity index (χ4v) is 2.63. The maximum atomic E-state index is 12.1. The minimum atomic E-state index is -0.587. The first kappa shape index (κ1) is 15.4. The van der Waals surface area contributed by atoms with E-state index < -0.39 is 6.04 Å².